The number of aromatic nitrogens is 5. The van der Waals surface area contributed by atoms with Gasteiger partial charge in [-0.15, -0.1) is 0 Å². The number of methoxy groups -OCH3 is 1. The van der Waals surface area contributed by atoms with Crippen molar-refractivity contribution in [2.75, 3.05) is 20.2 Å². The second-order valence-corrected chi connectivity index (χ2v) is 8.37. The molecule has 3 aromatic heterocycles. The van der Waals surface area contributed by atoms with Gasteiger partial charge in [0.25, 0.3) is 0 Å². The SMILES string of the molecule is COc1cc(C2CCCN(C(=O)OC(C)(C)C)C2)nc2c(-c3cnccn3)cnn12. The minimum absolute atomic E-state index is 0.0785. The van der Waals surface area contributed by atoms with Gasteiger partial charge in [-0.05, 0) is 33.6 Å². The van der Waals surface area contributed by atoms with Crippen LogP contribution < -0.4 is 4.74 Å². The van der Waals surface area contributed by atoms with Crippen LogP contribution in [0, 0.1) is 0 Å². The van der Waals surface area contributed by atoms with Crippen LogP contribution in [0.25, 0.3) is 16.9 Å². The van der Waals surface area contributed by atoms with Gasteiger partial charge in [-0.1, -0.05) is 0 Å². The number of piperidine rings is 1. The number of likely N-dealkylation sites (tertiary alicyclic amines) is 1. The van der Waals surface area contributed by atoms with Crippen LogP contribution in [0.1, 0.15) is 45.2 Å². The molecule has 4 heterocycles. The first kappa shape index (κ1) is 20.1. The highest BCUT2D eigenvalue weighted by Gasteiger charge is 2.30. The number of ether oxygens (including phenoxy) is 2. The molecular weight excluding hydrogens is 384 g/mol. The maximum Gasteiger partial charge on any atom is 0.410 e. The molecule has 0 N–H and O–H groups in total. The van der Waals surface area contributed by atoms with Crippen LogP contribution in [0.15, 0.2) is 30.9 Å². The van der Waals surface area contributed by atoms with Gasteiger partial charge in [-0.25, -0.2) is 9.78 Å². The van der Waals surface area contributed by atoms with Crippen molar-refractivity contribution in [2.24, 2.45) is 0 Å². The Morgan fingerprint density at radius 3 is 2.77 bits per heavy atom. The summed E-state index contributed by atoms with van der Waals surface area (Å²) in [7, 11) is 1.61. The van der Waals surface area contributed by atoms with Crippen LogP contribution in [0.4, 0.5) is 4.79 Å². The van der Waals surface area contributed by atoms with E-state index in [0.717, 1.165) is 24.1 Å². The number of carbonyl (C=O) groups is 1. The summed E-state index contributed by atoms with van der Waals surface area (Å²) in [5, 5.41) is 4.41. The molecule has 0 radical (unpaired) electrons. The smallest absolute Gasteiger partial charge is 0.410 e. The first-order chi connectivity index (χ1) is 14.4. The van der Waals surface area contributed by atoms with E-state index in [4.69, 9.17) is 14.5 Å². The molecule has 0 aliphatic carbocycles. The van der Waals surface area contributed by atoms with E-state index in [1.807, 2.05) is 26.8 Å². The second-order valence-electron chi connectivity index (χ2n) is 8.37. The van der Waals surface area contributed by atoms with Crippen molar-refractivity contribution in [3.63, 3.8) is 0 Å². The Balaban J connectivity index is 1.67. The van der Waals surface area contributed by atoms with Crippen molar-refractivity contribution in [3.8, 4) is 17.1 Å². The highest BCUT2D eigenvalue weighted by molar-refractivity contribution is 5.74. The predicted molar refractivity (Wildman–Crippen MR) is 110 cm³/mol. The van der Waals surface area contributed by atoms with E-state index < -0.39 is 5.60 Å². The third kappa shape index (κ3) is 4.05. The molecule has 1 amide bonds. The molecule has 9 nitrogen and oxygen atoms in total. The molecule has 9 heteroatoms. The zero-order valence-corrected chi connectivity index (χ0v) is 17.7. The lowest BCUT2D eigenvalue weighted by molar-refractivity contribution is 0.0197. The Kier molecular flexibility index (Phi) is 5.27. The Bertz CT molecular complexity index is 1040. The first-order valence-corrected chi connectivity index (χ1v) is 10.0. The predicted octanol–water partition coefficient (Wildman–Crippen LogP) is 3.31. The molecule has 1 saturated heterocycles. The summed E-state index contributed by atoms with van der Waals surface area (Å²) in [6.45, 7) is 6.86. The van der Waals surface area contributed by atoms with Gasteiger partial charge >= 0.3 is 6.09 Å². The topological polar surface area (TPSA) is 94.7 Å². The number of fused-ring (bicyclic) bond motifs is 1. The van der Waals surface area contributed by atoms with Gasteiger partial charge in [0, 0.05) is 37.5 Å². The first-order valence-electron chi connectivity index (χ1n) is 10.0. The van der Waals surface area contributed by atoms with Crippen molar-refractivity contribution in [3.05, 3.63) is 36.5 Å². The molecule has 3 aromatic rings. The number of amides is 1. The Labute approximate surface area is 175 Å². The monoisotopic (exact) mass is 410 g/mol. The fourth-order valence-corrected chi connectivity index (χ4v) is 3.64. The quantitative estimate of drug-likeness (QED) is 0.654. The summed E-state index contributed by atoms with van der Waals surface area (Å²) in [6, 6.07) is 1.89. The number of hydrogen-bond donors (Lipinski definition) is 0. The molecule has 1 atom stereocenters. The molecule has 1 aliphatic heterocycles. The fourth-order valence-electron chi connectivity index (χ4n) is 3.64. The number of rotatable bonds is 3. The fraction of sp³-hybridized carbons (Fsp3) is 0.476. The lowest BCUT2D eigenvalue weighted by Gasteiger charge is -2.34. The van der Waals surface area contributed by atoms with Gasteiger partial charge in [0.15, 0.2) is 5.65 Å². The molecular formula is C21H26N6O3. The Morgan fingerprint density at radius 1 is 1.23 bits per heavy atom. The third-order valence-corrected chi connectivity index (χ3v) is 5.00. The van der Waals surface area contributed by atoms with Crippen LogP contribution in [0.3, 0.4) is 0 Å². The lowest BCUT2D eigenvalue weighted by Crippen LogP contribution is -2.42. The van der Waals surface area contributed by atoms with Gasteiger partial charge in [0.1, 0.15) is 5.60 Å². The average Bonchev–Trinajstić information content (AvgIpc) is 3.16. The van der Waals surface area contributed by atoms with Crippen molar-refractivity contribution in [1.82, 2.24) is 29.5 Å². The van der Waals surface area contributed by atoms with Gasteiger partial charge in [-0.3, -0.25) is 9.97 Å². The Hall–Kier alpha value is -3.23. The minimum atomic E-state index is -0.520. The van der Waals surface area contributed by atoms with E-state index >= 15 is 0 Å². The maximum atomic E-state index is 12.6. The standard InChI is InChI=1S/C21H26N6O3/c1-21(2,3)30-20(28)26-9-5-6-14(13-26)16-10-18(29-4)27-19(25-16)15(11-24-27)17-12-22-7-8-23-17/h7-8,10-12,14H,5-6,9,13H2,1-4H3. The van der Waals surface area contributed by atoms with Crippen molar-refractivity contribution >= 4 is 11.7 Å². The zero-order chi connectivity index (χ0) is 21.3. The minimum Gasteiger partial charge on any atom is -0.481 e. The Morgan fingerprint density at radius 2 is 2.07 bits per heavy atom. The third-order valence-electron chi connectivity index (χ3n) is 5.00. The maximum absolute atomic E-state index is 12.6. The van der Waals surface area contributed by atoms with E-state index in [1.54, 1.807) is 41.3 Å². The van der Waals surface area contributed by atoms with Gasteiger partial charge in [-0.2, -0.15) is 9.61 Å². The molecule has 0 bridgehead atoms. The molecule has 4 rings (SSSR count). The van der Waals surface area contributed by atoms with E-state index in [-0.39, 0.29) is 12.0 Å². The second kappa shape index (κ2) is 7.89. The summed E-state index contributed by atoms with van der Waals surface area (Å²) < 4.78 is 12.8. The van der Waals surface area contributed by atoms with Crippen LogP contribution >= 0.6 is 0 Å². The number of nitrogens with zero attached hydrogens (tertiary/aromatic N) is 6. The van der Waals surface area contributed by atoms with Crippen molar-refractivity contribution in [1.29, 1.82) is 0 Å². The number of carbonyl (C=O) groups excluding carboxylic acids is 1. The summed E-state index contributed by atoms with van der Waals surface area (Å²) in [6.07, 6.45) is 8.19. The molecule has 1 fully saturated rings. The molecule has 1 unspecified atom stereocenters. The van der Waals surface area contributed by atoms with Gasteiger partial charge in [0.05, 0.1) is 36.5 Å². The average molecular weight is 410 g/mol. The van der Waals surface area contributed by atoms with Crippen LogP contribution in [0.2, 0.25) is 0 Å². The van der Waals surface area contributed by atoms with E-state index in [9.17, 15) is 4.79 Å². The summed E-state index contributed by atoms with van der Waals surface area (Å²) >= 11 is 0. The van der Waals surface area contributed by atoms with E-state index in [1.165, 1.54) is 0 Å². The zero-order valence-electron chi connectivity index (χ0n) is 17.7. The molecule has 0 aromatic carbocycles. The summed E-state index contributed by atoms with van der Waals surface area (Å²) in [5.41, 5.74) is 2.46. The number of hydrogen-bond acceptors (Lipinski definition) is 7. The van der Waals surface area contributed by atoms with Crippen LogP contribution in [-0.2, 0) is 4.74 Å². The molecule has 0 spiro atoms. The summed E-state index contributed by atoms with van der Waals surface area (Å²) in [4.78, 5) is 27.7. The van der Waals surface area contributed by atoms with Gasteiger partial charge in [0.2, 0.25) is 5.88 Å². The van der Waals surface area contributed by atoms with Crippen molar-refractivity contribution < 1.29 is 14.3 Å². The van der Waals surface area contributed by atoms with Crippen LogP contribution in [-0.4, -0.2) is 61.4 Å². The van der Waals surface area contributed by atoms with E-state index in [0.29, 0.717) is 30.3 Å². The normalized spacial score (nSPS) is 17.2. The highest BCUT2D eigenvalue weighted by Crippen LogP contribution is 2.31. The molecule has 0 saturated carbocycles. The van der Waals surface area contributed by atoms with Gasteiger partial charge < -0.3 is 14.4 Å². The largest absolute Gasteiger partial charge is 0.481 e. The lowest BCUT2D eigenvalue weighted by atomic mass is 9.94. The highest BCUT2D eigenvalue weighted by atomic mass is 16.6. The molecule has 1 aliphatic rings. The van der Waals surface area contributed by atoms with Crippen molar-refractivity contribution in [2.45, 2.75) is 45.1 Å². The van der Waals surface area contributed by atoms with Crippen LogP contribution in [0.5, 0.6) is 5.88 Å². The molecule has 158 valence electrons. The molecule has 30 heavy (non-hydrogen) atoms. The summed E-state index contributed by atoms with van der Waals surface area (Å²) in [5.74, 6) is 0.661. The van der Waals surface area contributed by atoms with E-state index in [2.05, 4.69) is 15.1 Å².